The van der Waals surface area contributed by atoms with Crippen LogP contribution in [0.25, 0.3) is 5.69 Å². The van der Waals surface area contributed by atoms with E-state index in [0.29, 0.717) is 22.6 Å². The summed E-state index contributed by atoms with van der Waals surface area (Å²) in [4.78, 5) is 25.5. The molecule has 0 saturated heterocycles. The Morgan fingerprint density at radius 2 is 1.56 bits per heavy atom. The summed E-state index contributed by atoms with van der Waals surface area (Å²) in [5, 5.41) is 2.79. The van der Waals surface area contributed by atoms with Crippen molar-refractivity contribution >= 4 is 27.3 Å². The minimum atomic E-state index is -4.06. The van der Waals surface area contributed by atoms with E-state index in [1.165, 1.54) is 28.9 Å². The fraction of sp³-hybridized carbons (Fsp3) is 0.120. The molecule has 9 heteroatoms. The molecule has 0 atom stereocenters. The van der Waals surface area contributed by atoms with Crippen LogP contribution in [0.5, 0.6) is 0 Å². The molecule has 0 radical (unpaired) electrons. The van der Waals surface area contributed by atoms with Crippen LogP contribution in [-0.2, 0) is 17.1 Å². The lowest BCUT2D eigenvalue weighted by atomic mass is 10.2. The van der Waals surface area contributed by atoms with Crippen LogP contribution in [0.1, 0.15) is 21.6 Å². The predicted octanol–water partition coefficient (Wildman–Crippen LogP) is 3.85. The molecule has 174 valence electrons. The van der Waals surface area contributed by atoms with Gasteiger partial charge in [-0.15, -0.1) is 0 Å². The molecule has 0 bridgehead atoms. The van der Waals surface area contributed by atoms with Gasteiger partial charge in [-0.1, -0.05) is 30.3 Å². The van der Waals surface area contributed by atoms with Crippen molar-refractivity contribution in [1.82, 2.24) is 9.36 Å². The van der Waals surface area contributed by atoms with Gasteiger partial charge in [-0.05, 0) is 67.9 Å². The first-order valence-electron chi connectivity index (χ1n) is 10.5. The third-order valence-electron chi connectivity index (χ3n) is 5.49. The highest BCUT2D eigenvalue weighted by atomic mass is 32.2. The third-order valence-corrected chi connectivity index (χ3v) is 6.86. The third kappa shape index (κ3) is 4.51. The SMILES string of the molecule is Cc1cccc(NC(=O)c2ccc(S(=O)(=O)Nc3c(C)n(C)n(-c4ccccc4)c3=O)cc2)c1. The first-order valence-corrected chi connectivity index (χ1v) is 12.0. The molecule has 4 rings (SSSR count). The molecular weight excluding hydrogens is 452 g/mol. The largest absolute Gasteiger partial charge is 0.322 e. The maximum Gasteiger partial charge on any atom is 0.296 e. The summed E-state index contributed by atoms with van der Waals surface area (Å²) in [6.07, 6.45) is 0. The molecule has 4 aromatic rings. The number of benzene rings is 3. The molecule has 0 fully saturated rings. The van der Waals surface area contributed by atoms with Gasteiger partial charge in [0.15, 0.2) is 0 Å². The number of hydrogen-bond acceptors (Lipinski definition) is 4. The van der Waals surface area contributed by atoms with Gasteiger partial charge in [0.2, 0.25) is 0 Å². The number of carbonyl (C=O) groups excluding carboxylic acids is 1. The van der Waals surface area contributed by atoms with E-state index in [1.54, 1.807) is 49.0 Å². The normalized spacial score (nSPS) is 11.3. The highest BCUT2D eigenvalue weighted by molar-refractivity contribution is 7.92. The molecule has 0 aliphatic rings. The number of rotatable bonds is 6. The van der Waals surface area contributed by atoms with Crippen LogP contribution in [0.2, 0.25) is 0 Å². The molecule has 8 nitrogen and oxygen atoms in total. The van der Waals surface area contributed by atoms with Crippen molar-refractivity contribution in [3.63, 3.8) is 0 Å². The Morgan fingerprint density at radius 1 is 0.882 bits per heavy atom. The molecule has 1 heterocycles. The fourth-order valence-corrected chi connectivity index (χ4v) is 4.71. The van der Waals surface area contributed by atoms with E-state index in [0.717, 1.165) is 5.56 Å². The lowest BCUT2D eigenvalue weighted by Crippen LogP contribution is -2.23. The number of nitrogens with one attached hydrogen (secondary N) is 2. The van der Waals surface area contributed by atoms with Crippen molar-refractivity contribution in [3.05, 3.63) is 106 Å². The molecule has 2 N–H and O–H groups in total. The maximum atomic E-state index is 13.0. The highest BCUT2D eigenvalue weighted by Crippen LogP contribution is 2.20. The minimum absolute atomic E-state index is 0.0346. The van der Waals surface area contributed by atoms with Crippen molar-refractivity contribution in [2.45, 2.75) is 18.7 Å². The minimum Gasteiger partial charge on any atom is -0.322 e. The van der Waals surface area contributed by atoms with Crippen LogP contribution >= 0.6 is 0 Å². The van der Waals surface area contributed by atoms with Gasteiger partial charge in [0.05, 0.1) is 16.3 Å². The van der Waals surface area contributed by atoms with Crippen molar-refractivity contribution < 1.29 is 13.2 Å². The average molecular weight is 477 g/mol. The summed E-state index contributed by atoms with van der Waals surface area (Å²) in [6, 6.07) is 21.9. The molecule has 1 amide bonds. The Balaban J connectivity index is 1.58. The Hall–Kier alpha value is -4.11. The van der Waals surface area contributed by atoms with Gasteiger partial charge in [-0.2, -0.15) is 0 Å². The van der Waals surface area contributed by atoms with Gasteiger partial charge in [-0.3, -0.25) is 19.0 Å². The number of aryl methyl sites for hydroxylation is 1. The van der Waals surface area contributed by atoms with E-state index in [9.17, 15) is 18.0 Å². The second-order valence-electron chi connectivity index (χ2n) is 7.89. The van der Waals surface area contributed by atoms with E-state index >= 15 is 0 Å². The van der Waals surface area contributed by atoms with Gasteiger partial charge in [-0.25, -0.2) is 13.1 Å². The van der Waals surface area contributed by atoms with Crippen molar-refractivity contribution in [3.8, 4) is 5.69 Å². The summed E-state index contributed by atoms with van der Waals surface area (Å²) in [5.41, 5.74) is 2.53. The number of para-hydroxylation sites is 1. The predicted molar refractivity (Wildman–Crippen MR) is 132 cm³/mol. The summed E-state index contributed by atoms with van der Waals surface area (Å²) >= 11 is 0. The Labute approximate surface area is 197 Å². The smallest absolute Gasteiger partial charge is 0.296 e. The van der Waals surface area contributed by atoms with Crippen molar-refractivity contribution in [2.75, 3.05) is 10.0 Å². The molecule has 3 aromatic carbocycles. The number of nitrogens with zero attached hydrogens (tertiary/aromatic N) is 2. The topological polar surface area (TPSA) is 102 Å². The van der Waals surface area contributed by atoms with Gasteiger partial charge in [0.1, 0.15) is 5.69 Å². The standard InChI is InChI=1S/C25H24N4O4S/c1-17-8-7-9-20(16-17)26-24(30)19-12-14-22(15-13-19)34(32,33)27-23-18(2)28(3)29(25(23)31)21-10-5-4-6-11-21/h4-16,27H,1-3H3,(H,26,30). The molecule has 0 saturated carbocycles. The van der Waals surface area contributed by atoms with E-state index in [2.05, 4.69) is 10.0 Å². The number of carbonyl (C=O) groups is 1. The summed E-state index contributed by atoms with van der Waals surface area (Å²) < 4.78 is 31.4. The van der Waals surface area contributed by atoms with E-state index in [-0.39, 0.29) is 16.5 Å². The number of anilines is 2. The fourth-order valence-electron chi connectivity index (χ4n) is 3.59. The Morgan fingerprint density at radius 3 is 2.21 bits per heavy atom. The zero-order valence-electron chi connectivity index (χ0n) is 18.9. The monoisotopic (exact) mass is 476 g/mol. The van der Waals surface area contributed by atoms with Crippen LogP contribution in [0.4, 0.5) is 11.4 Å². The molecule has 0 aliphatic heterocycles. The zero-order chi connectivity index (χ0) is 24.5. The number of sulfonamides is 1. The molecular formula is C25H24N4O4S. The van der Waals surface area contributed by atoms with Crippen LogP contribution in [-0.4, -0.2) is 23.7 Å². The molecule has 0 spiro atoms. The summed E-state index contributed by atoms with van der Waals surface area (Å²) in [7, 11) is -2.38. The molecule has 1 aromatic heterocycles. The lowest BCUT2D eigenvalue weighted by Gasteiger charge is -2.09. The van der Waals surface area contributed by atoms with Crippen molar-refractivity contribution in [1.29, 1.82) is 0 Å². The van der Waals surface area contributed by atoms with Gasteiger partial charge < -0.3 is 5.32 Å². The van der Waals surface area contributed by atoms with Gasteiger partial charge in [0.25, 0.3) is 21.5 Å². The molecule has 0 unspecified atom stereocenters. The van der Waals surface area contributed by atoms with Crippen LogP contribution in [0.15, 0.2) is 88.6 Å². The van der Waals surface area contributed by atoms with Crippen LogP contribution < -0.4 is 15.6 Å². The van der Waals surface area contributed by atoms with Crippen LogP contribution in [0.3, 0.4) is 0 Å². The van der Waals surface area contributed by atoms with Gasteiger partial charge in [0, 0.05) is 18.3 Å². The number of hydrogen-bond donors (Lipinski definition) is 2. The van der Waals surface area contributed by atoms with E-state index in [4.69, 9.17) is 0 Å². The second-order valence-corrected chi connectivity index (χ2v) is 9.57. The van der Waals surface area contributed by atoms with Gasteiger partial charge >= 0.3 is 0 Å². The molecule has 0 aliphatic carbocycles. The van der Waals surface area contributed by atoms with Crippen molar-refractivity contribution in [2.24, 2.45) is 7.05 Å². The maximum absolute atomic E-state index is 13.0. The Kier molecular flexibility index (Phi) is 6.12. The number of amides is 1. The quantitative estimate of drug-likeness (QED) is 0.441. The first kappa shape index (κ1) is 23.1. The Bertz CT molecular complexity index is 1520. The second kappa shape index (κ2) is 9.03. The summed E-state index contributed by atoms with van der Waals surface area (Å²) in [6.45, 7) is 3.59. The highest BCUT2D eigenvalue weighted by Gasteiger charge is 2.22. The zero-order valence-corrected chi connectivity index (χ0v) is 19.8. The molecule has 34 heavy (non-hydrogen) atoms. The lowest BCUT2D eigenvalue weighted by molar-refractivity contribution is 0.102. The average Bonchev–Trinajstić information content (AvgIpc) is 3.02. The number of aromatic nitrogens is 2. The van der Waals surface area contributed by atoms with E-state index < -0.39 is 15.6 Å². The van der Waals surface area contributed by atoms with Crippen LogP contribution in [0, 0.1) is 13.8 Å². The first-order chi connectivity index (χ1) is 16.2. The summed E-state index contributed by atoms with van der Waals surface area (Å²) in [5.74, 6) is -0.354. The van der Waals surface area contributed by atoms with E-state index in [1.807, 2.05) is 31.2 Å².